The molecule has 0 spiro atoms. The van der Waals surface area contributed by atoms with Crippen molar-refractivity contribution < 1.29 is 35.3 Å². The first-order valence-corrected chi connectivity index (χ1v) is 20.6. The fourth-order valence-corrected chi connectivity index (χ4v) is 12.5. The van der Waals surface area contributed by atoms with Gasteiger partial charge in [0.15, 0.2) is 10.1 Å². The van der Waals surface area contributed by atoms with Crippen molar-refractivity contribution in [2.45, 2.75) is 79.8 Å². The highest BCUT2D eigenvalue weighted by Gasteiger charge is 2.63. The van der Waals surface area contributed by atoms with Gasteiger partial charge in [-0.1, -0.05) is 69.3 Å². The number of phenolic OH excluding ortho intramolecular Hbond substituents is 1. The quantitative estimate of drug-likeness (QED) is 0.126. The zero-order valence-electron chi connectivity index (χ0n) is 26.9. The van der Waals surface area contributed by atoms with Crippen molar-refractivity contribution in [1.82, 2.24) is 0 Å². The second-order valence-electron chi connectivity index (χ2n) is 14.4. The van der Waals surface area contributed by atoms with E-state index < -0.39 is 40.5 Å². The number of fused-ring (bicyclic) bond motifs is 9. The van der Waals surface area contributed by atoms with Crippen LogP contribution in [-0.2, 0) is 34.3 Å². The maximum atomic E-state index is 13.5. The monoisotopic (exact) mass is 706 g/mol. The lowest BCUT2D eigenvalue weighted by atomic mass is 9.67. The smallest absolute Gasteiger partial charge is 0.361 e. The van der Waals surface area contributed by atoms with Crippen LogP contribution in [-0.4, -0.2) is 31.7 Å². The normalized spacial score (nSPS) is 27.4. The van der Waals surface area contributed by atoms with Crippen molar-refractivity contribution in [3.8, 4) is 5.75 Å². The molecule has 7 unspecified atom stereocenters. The average molecular weight is 707 g/mol. The summed E-state index contributed by atoms with van der Waals surface area (Å²) in [6, 6.07) is 26.0. The predicted octanol–water partition coefficient (Wildman–Crippen LogP) is 7.77. The van der Waals surface area contributed by atoms with Gasteiger partial charge in [-0.05, 0) is 121 Å². The third-order valence-electron chi connectivity index (χ3n) is 10.6. The van der Waals surface area contributed by atoms with Crippen molar-refractivity contribution in [3.63, 3.8) is 0 Å². The molecule has 7 rings (SSSR count). The van der Waals surface area contributed by atoms with Crippen LogP contribution in [0.3, 0.4) is 0 Å². The van der Waals surface area contributed by atoms with Crippen molar-refractivity contribution >= 4 is 28.8 Å². The Hall–Kier alpha value is -2.60. The molecule has 0 aromatic heterocycles. The molecular weight excluding hydrogens is 663 g/mol. The average Bonchev–Trinajstić information content (AvgIpc) is 3.79. The van der Waals surface area contributed by atoms with Crippen molar-refractivity contribution in [2.24, 2.45) is 41.4 Å². The summed E-state index contributed by atoms with van der Waals surface area (Å²) in [6.07, 6.45) is 4.72. The Kier molecular flexibility index (Phi) is 10.7. The zero-order chi connectivity index (χ0) is 34.1. The van der Waals surface area contributed by atoms with Crippen LogP contribution in [0.1, 0.15) is 64.9 Å². The summed E-state index contributed by atoms with van der Waals surface area (Å²) >= 11 is 0. The molecule has 0 heterocycles. The molecule has 1 N–H and O–H groups in total. The van der Waals surface area contributed by atoms with Gasteiger partial charge in [-0.25, -0.2) is 8.42 Å². The second-order valence-corrected chi connectivity index (χ2v) is 20.0. The minimum Gasteiger partial charge on any atom is -0.743 e. The summed E-state index contributed by atoms with van der Waals surface area (Å²) in [6.45, 7) is 6.46. The number of hydrogen-bond donors (Lipinski definition) is 1. The number of alkyl halides is 2. The van der Waals surface area contributed by atoms with E-state index in [4.69, 9.17) is 5.11 Å². The molecular formula is C36H44F2O6S3. The molecule has 6 nitrogen and oxygen atoms in total. The van der Waals surface area contributed by atoms with Gasteiger partial charge in [0.2, 0.25) is 0 Å². The van der Waals surface area contributed by atoms with E-state index in [2.05, 4.69) is 20.8 Å². The predicted molar refractivity (Wildman–Crippen MR) is 181 cm³/mol. The summed E-state index contributed by atoms with van der Waals surface area (Å²) < 4.78 is 81.8. The van der Waals surface area contributed by atoms with E-state index in [1.165, 1.54) is 24.8 Å². The molecule has 47 heavy (non-hydrogen) atoms. The molecule has 3 aromatic carbocycles. The standard InChI is InChI=1S/C14H20F2O3S.C12H10O2S2.C10H14O/c15-14(16,20(17,18)19)6-10-4-9-5-11(10)13-8-2-1-7(3-8)12(9)13;13-16(14)15(11-7-3-1-4-8-11)12-9-5-2-6-10-12;1-10(2,3)8-4-6-9(11)7-5-8/h7-13H,1-6H2,(H,17,18,19);1-10H;4-7,11H,1-3H3. The zero-order valence-corrected chi connectivity index (χ0v) is 29.4. The third kappa shape index (κ3) is 8.00. The van der Waals surface area contributed by atoms with E-state index in [-0.39, 0.29) is 17.3 Å². The lowest BCUT2D eigenvalue weighted by molar-refractivity contribution is 0.0178. The van der Waals surface area contributed by atoms with Gasteiger partial charge in [0.1, 0.15) is 15.5 Å². The number of benzene rings is 3. The van der Waals surface area contributed by atoms with E-state index in [1.54, 1.807) is 12.1 Å². The lowest BCUT2D eigenvalue weighted by Crippen LogP contribution is -2.37. The van der Waals surface area contributed by atoms with E-state index in [0.29, 0.717) is 35.8 Å². The molecule has 7 atom stereocenters. The topological polar surface area (TPSA) is 112 Å². The van der Waals surface area contributed by atoms with E-state index in [0.717, 1.165) is 22.1 Å². The van der Waals surface area contributed by atoms with Crippen LogP contribution in [0.2, 0.25) is 0 Å². The number of hydrogen-bond acceptors (Lipinski definition) is 6. The van der Waals surface area contributed by atoms with E-state index in [1.807, 2.05) is 72.8 Å². The summed E-state index contributed by atoms with van der Waals surface area (Å²) in [5.41, 5.74) is 1.42. The Morgan fingerprint density at radius 2 is 1.30 bits per heavy atom. The second kappa shape index (κ2) is 14.1. The van der Waals surface area contributed by atoms with Crippen molar-refractivity contribution in [1.29, 1.82) is 0 Å². The Balaban J connectivity index is 0.000000145. The Labute approximate surface area is 280 Å². The minimum atomic E-state index is -5.52. The van der Waals surface area contributed by atoms with Gasteiger partial charge in [-0.3, -0.25) is 0 Å². The number of halogens is 2. The maximum Gasteiger partial charge on any atom is 0.361 e. The van der Waals surface area contributed by atoms with Crippen LogP contribution in [0.25, 0.3) is 0 Å². The summed E-state index contributed by atoms with van der Waals surface area (Å²) in [7, 11) is -8.91. The first kappa shape index (κ1) is 35.7. The third-order valence-corrected chi connectivity index (χ3v) is 15.5. The van der Waals surface area contributed by atoms with Gasteiger partial charge in [0.05, 0.1) is 0 Å². The number of aromatic hydroxyl groups is 1. The molecule has 256 valence electrons. The van der Waals surface area contributed by atoms with Gasteiger partial charge in [-0.15, -0.1) is 8.42 Å². The summed E-state index contributed by atoms with van der Waals surface area (Å²) in [5, 5.41) is 4.93. The molecule has 4 aliphatic carbocycles. The molecule has 4 saturated carbocycles. The Bertz CT molecular complexity index is 1720. The SMILES string of the molecule is CC(C)(C)c1ccc(O)cc1.O=S(=O)([O-])C(F)(F)CC1CC2CC1C1C3CCC(C3)C21.O=S(=O)=[SH+](c1ccccc1)c1ccccc1. The van der Waals surface area contributed by atoms with E-state index >= 15 is 0 Å². The van der Waals surface area contributed by atoms with Crippen LogP contribution in [0.5, 0.6) is 5.75 Å². The summed E-state index contributed by atoms with van der Waals surface area (Å²) in [4.78, 5) is 1.72. The molecule has 0 amide bonds. The highest BCUT2D eigenvalue weighted by atomic mass is 32.9. The molecule has 11 heteroatoms. The van der Waals surface area contributed by atoms with Crippen LogP contribution < -0.4 is 0 Å². The first-order valence-electron chi connectivity index (χ1n) is 16.2. The van der Waals surface area contributed by atoms with Crippen molar-refractivity contribution in [2.75, 3.05) is 0 Å². The van der Waals surface area contributed by atoms with Crippen LogP contribution in [0.4, 0.5) is 8.78 Å². The number of thiol groups is 1. The molecule has 3 aromatic rings. The minimum absolute atomic E-state index is 0.174. The van der Waals surface area contributed by atoms with Crippen molar-refractivity contribution in [3.05, 3.63) is 90.5 Å². The van der Waals surface area contributed by atoms with Gasteiger partial charge in [0, 0.05) is 15.9 Å². The maximum absolute atomic E-state index is 13.5. The highest BCUT2D eigenvalue weighted by molar-refractivity contribution is 8.34. The molecule has 0 radical (unpaired) electrons. The largest absolute Gasteiger partial charge is 0.743 e. The Morgan fingerprint density at radius 1 is 0.787 bits per heavy atom. The summed E-state index contributed by atoms with van der Waals surface area (Å²) in [5.74, 6) is 3.56. The fourth-order valence-electron chi connectivity index (χ4n) is 8.75. The molecule has 0 saturated heterocycles. The first-order chi connectivity index (χ1) is 22.1. The van der Waals surface area contributed by atoms with Crippen LogP contribution >= 0.6 is 0 Å². The molecule has 4 fully saturated rings. The van der Waals surface area contributed by atoms with Gasteiger partial charge in [0.25, 0.3) is 0 Å². The van der Waals surface area contributed by atoms with Gasteiger partial charge >= 0.3 is 14.5 Å². The van der Waals surface area contributed by atoms with E-state index in [9.17, 15) is 30.2 Å². The Morgan fingerprint density at radius 3 is 1.77 bits per heavy atom. The van der Waals surface area contributed by atoms with Crippen LogP contribution in [0.15, 0.2) is 94.7 Å². The van der Waals surface area contributed by atoms with Crippen LogP contribution in [0, 0.1) is 41.4 Å². The molecule has 0 aliphatic heterocycles. The molecule has 4 bridgehead atoms. The number of phenols is 1. The fraction of sp³-hybridized carbons (Fsp3) is 0.500. The van der Waals surface area contributed by atoms with Gasteiger partial charge in [-0.2, -0.15) is 8.78 Å². The number of rotatable bonds is 5. The lowest BCUT2D eigenvalue weighted by Gasteiger charge is -2.39. The van der Waals surface area contributed by atoms with Gasteiger partial charge < -0.3 is 9.66 Å². The highest BCUT2D eigenvalue weighted by Crippen LogP contribution is 2.69. The molecule has 4 aliphatic rings.